The third kappa shape index (κ3) is 4.42. The molecule has 1 N–H and O–H groups in total. The van der Waals surface area contributed by atoms with Gasteiger partial charge in [0.1, 0.15) is 12.6 Å². The van der Waals surface area contributed by atoms with Crippen molar-refractivity contribution in [2.75, 3.05) is 24.7 Å². The number of amides is 2. The fourth-order valence-corrected chi connectivity index (χ4v) is 8.63. The maximum absolute atomic E-state index is 14.6. The highest BCUT2D eigenvalue weighted by molar-refractivity contribution is 8.02. The Bertz CT molecular complexity index is 1100. The van der Waals surface area contributed by atoms with Crippen molar-refractivity contribution in [2.24, 2.45) is 17.8 Å². The molecule has 0 radical (unpaired) electrons. The highest BCUT2D eigenvalue weighted by atomic mass is 32.2. The second-order valence-corrected chi connectivity index (χ2v) is 12.3. The van der Waals surface area contributed by atoms with E-state index in [-0.39, 0.29) is 42.7 Å². The molecule has 1 aromatic rings. The summed E-state index contributed by atoms with van der Waals surface area (Å²) in [6, 6.07) is 4.61. The van der Waals surface area contributed by atoms with Gasteiger partial charge in [0, 0.05) is 17.5 Å². The van der Waals surface area contributed by atoms with Crippen molar-refractivity contribution in [3.8, 4) is 0 Å². The zero-order chi connectivity index (χ0) is 27.1. The molecule has 8 heteroatoms. The largest absolute Gasteiger partial charge is 0.461 e. The molecule has 0 aromatic heterocycles. The van der Waals surface area contributed by atoms with E-state index < -0.39 is 34.6 Å². The molecule has 6 atom stereocenters. The van der Waals surface area contributed by atoms with Gasteiger partial charge in [-0.2, -0.15) is 0 Å². The Morgan fingerprint density at radius 1 is 1.30 bits per heavy atom. The number of esters is 1. The Morgan fingerprint density at radius 2 is 2.03 bits per heavy atom. The Morgan fingerprint density at radius 3 is 2.65 bits per heavy atom. The van der Waals surface area contributed by atoms with Crippen LogP contribution in [0.2, 0.25) is 0 Å². The van der Waals surface area contributed by atoms with Gasteiger partial charge in [-0.3, -0.25) is 14.4 Å². The molecule has 1 spiro atoms. The lowest BCUT2D eigenvalue weighted by molar-refractivity contribution is -0.153. The molecular formula is C29H38N2O5S. The number of aliphatic hydroxyl groups excluding tert-OH is 1. The zero-order valence-corrected chi connectivity index (χ0v) is 23.0. The van der Waals surface area contributed by atoms with E-state index in [4.69, 9.17) is 4.74 Å². The molecule has 4 rings (SSSR count). The number of rotatable bonds is 10. The SMILES string of the molecule is C=CCOC(=O)[C@@H]1[C@@H]2CCC3(S2)C(C(=O)N(CC=C)c2cc(C)ccc2C)N([C@@H](CO)C(C)C)C(=O)[C@H]13. The summed E-state index contributed by atoms with van der Waals surface area (Å²) in [6.45, 7) is 15.4. The summed E-state index contributed by atoms with van der Waals surface area (Å²) >= 11 is 1.60. The Kier molecular flexibility index (Phi) is 7.91. The number of aliphatic hydroxyl groups is 1. The third-order valence-electron chi connectivity index (χ3n) is 8.13. The molecule has 200 valence electrons. The maximum Gasteiger partial charge on any atom is 0.311 e. The average Bonchev–Trinajstić information content (AvgIpc) is 3.50. The lowest BCUT2D eigenvalue weighted by atomic mass is 9.71. The summed E-state index contributed by atoms with van der Waals surface area (Å²) in [5.41, 5.74) is 2.75. The molecule has 3 aliphatic heterocycles. The van der Waals surface area contributed by atoms with Crippen molar-refractivity contribution in [1.29, 1.82) is 0 Å². The van der Waals surface area contributed by atoms with Crippen molar-refractivity contribution >= 4 is 35.2 Å². The van der Waals surface area contributed by atoms with Gasteiger partial charge in [-0.05, 0) is 49.8 Å². The standard InChI is InChI=1S/C29H38N2O5S/c1-7-13-30(20-15-18(5)9-10-19(20)6)27(34)25-29-12-11-22(37-29)23(28(35)36-14-8-2)24(29)26(33)31(25)21(16-32)17(3)4/h7-10,15,17,21-25,32H,1-2,11-14,16H2,3-6H3/t21-,22-,23+,24-,25?,29?/m0/s1. The van der Waals surface area contributed by atoms with Gasteiger partial charge < -0.3 is 19.6 Å². The first kappa shape index (κ1) is 27.5. The molecule has 3 heterocycles. The molecule has 37 heavy (non-hydrogen) atoms. The monoisotopic (exact) mass is 526 g/mol. The van der Waals surface area contributed by atoms with Crippen LogP contribution in [-0.4, -0.2) is 69.6 Å². The molecule has 7 nitrogen and oxygen atoms in total. The number of nitrogens with zero attached hydrogens (tertiary/aromatic N) is 2. The quantitative estimate of drug-likeness (QED) is 0.370. The van der Waals surface area contributed by atoms with E-state index in [0.29, 0.717) is 6.42 Å². The van der Waals surface area contributed by atoms with E-state index in [0.717, 1.165) is 23.2 Å². The minimum atomic E-state index is -0.809. The molecule has 3 aliphatic rings. The number of hydrogen-bond acceptors (Lipinski definition) is 6. The third-order valence-corrected chi connectivity index (χ3v) is 10.1. The number of carbonyl (C=O) groups excluding carboxylic acids is 3. The second kappa shape index (κ2) is 10.7. The van der Waals surface area contributed by atoms with E-state index in [1.807, 2.05) is 45.9 Å². The summed E-state index contributed by atoms with van der Waals surface area (Å²) in [5, 5.41) is 10.3. The highest BCUT2D eigenvalue weighted by Gasteiger charge is 2.75. The van der Waals surface area contributed by atoms with Crippen molar-refractivity contribution in [3.63, 3.8) is 0 Å². The van der Waals surface area contributed by atoms with Crippen LogP contribution in [0.4, 0.5) is 5.69 Å². The van der Waals surface area contributed by atoms with Crippen LogP contribution in [0.1, 0.15) is 37.8 Å². The number of anilines is 1. The molecule has 3 fully saturated rings. The number of carbonyl (C=O) groups is 3. The smallest absolute Gasteiger partial charge is 0.311 e. The predicted molar refractivity (Wildman–Crippen MR) is 146 cm³/mol. The molecule has 0 aliphatic carbocycles. The second-order valence-electron chi connectivity index (χ2n) is 10.7. The fourth-order valence-electron chi connectivity index (χ4n) is 6.45. The topological polar surface area (TPSA) is 87.2 Å². The van der Waals surface area contributed by atoms with Crippen molar-refractivity contribution < 1.29 is 24.2 Å². The zero-order valence-electron chi connectivity index (χ0n) is 22.2. The maximum atomic E-state index is 14.6. The van der Waals surface area contributed by atoms with Crippen LogP contribution in [0.25, 0.3) is 0 Å². The van der Waals surface area contributed by atoms with Crippen molar-refractivity contribution in [2.45, 2.75) is 62.6 Å². The predicted octanol–water partition coefficient (Wildman–Crippen LogP) is 3.66. The molecule has 1 aromatic carbocycles. The number of likely N-dealkylation sites (tertiary alicyclic amines) is 1. The lowest BCUT2D eigenvalue weighted by Gasteiger charge is -2.41. The minimum absolute atomic E-state index is 0.0797. The average molecular weight is 527 g/mol. The van der Waals surface area contributed by atoms with Crippen LogP contribution in [-0.2, 0) is 19.1 Å². The van der Waals surface area contributed by atoms with Gasteiger partial charge in [-0.25, -0.2) is 0 Å². The summed E-state index contributed by atoms with van der Waals surface area (Å²) in [6.07, 6.45) is 4.59. The van der Waals surface area contributed by atoms with Crippen LogP contribution in [0, 0.1) is 31.6 Å². The highest BCUT2D eigenvalue weighted by Crippen LogP contribution is 2.67. The number of aryl methyl sites for hydroxylation is 2. The van der Waals surface area contributed by atoms with Gasteiger partial charge in [0.15, 0.2) is 0 Å². The van der Waals surface area contributed by atoms with Gasteiger partial charge in [0.05, 0.1) is 29.2 Å². The molecule has 2 bridgehead atoms. The Balaban J connectivity index is 1.84. The summed E-state index contributed by atoms with van der Waals surface area (Å²) in [7, 11) is 0. The minimum Gasteiger partial charge on any atom is -0.461 e. The number of fused-ring (bicyclic) bond motifs is 1. The Hall–Kier alpha value is -2.58. The van der Waals surface area contributed by atoms with Crippen LogP contribution >= 0.6 is 11.8 Å². The van der Waals surface area contributed by atoms with E-state index in [9.17, 15) is 19.5 Å². The number of benzene rings is 1. The number of ether oxygens (including phenoxy) is 1. The summed E-state index contributed by atoms with van der Waals surface area (Å²) < 4.78 is 4.68. The first-order valence-corrected chi connectivity index (χ1v) is 13.9. The van der Waals surface area contributed by atoms with Gasteiger partial charge in [0.25, 0.3) is 5.91 Å². The Labute approximate surface area is 223 Å². The van der Waals surface area contributed by atoms with Crippen LogP contribution in [0.3, 0.4) is 0 Å². The normalized spacial score (nSPS) is 28.8. The van der Waals surface area contributed by atoms with E-state index in [2.05, 4.69) is 13.2 Å². The van der Waals surface area contributed by atoms with E-state index in [1.54, 1.807) is 27.6 Å². The van der Waals surface area contributed by atoms with Crippen molar-refractivity contribution in [1.82, 2.24) is 4.90 Å². The summed E-state index contributed by atoms with van der Waals surface area (Å²) in [4.78, 5) is 45.3. The van der Waals surface area contributed by atoms with Gasteiger partial charge in [-0.15, -0.1) is 18.3 Å². The van der Waals surface area contributed by atoms with Gasteiger partial charge in [-0.1, -0.05) is 44.7 Å². The van der Waals surface area contributed by atoms with Crippen molar-refractivity contribution in [3.05, 3.63) is 54.6 Å². The van der Waals surface area contributed by atoms with E-state index >= 15 is 0 Å². The summed E-state index contributed by atoms with van der Waals surface area (Å²) in [5.74, 6) is -2.21. The van der Waals surface area contributed by atoms with Crippen LogP contribution < -0.4 is 4.90 Å². The van der Waals surface area contributed by atoms with E-state index in [1.165, 1.54) is 6.08 Å². The molecule has 2 amide bonds. The molecular weight excluding hydrogens is 488 g/mol. The fraction of sp³-hybridized carbons (Fsp3) is 0.552. The van der Waals surface area contributed by atoms with Crippen LogP contribution in [0.5, 0.6) is 0 Å². The number of thioether (sulfide) groups is 1. The molecule has 3 saturated heterocycles. The van der Waals surface area contributed by atoms with Crippen LogP contribution in [0.15, 0.2) is 43.5 Å². The first-order valence-electron chi connectivity index (χ1n) is 13.0. The molecule has 0 saturated carbocycles. The van der Waals surface area contributed by atoms with Gasteiger partial charge in [0.2, 0.25) is 5.91 Å². The first-order chi connectivity index (χ1) is 17.6. The lowest BCUT2D eigenvalue weighted by Crippen LogP contribution is -2.58. The molecule has 2 unspecified atom stereocenters. The number of hydrogen-bond donors (Lipinski definition) is 1. The van der Waals surface area contributed by atoms with Gasteiger partial charge >= 0.3 is 5.97 Å².